The normalized spacial score (nSPS) is 13.1. The zero-order valence-corrected chi connectivity index (χ0v) is 20.8. The fraction of sp³-hybridized carbons (Fsp3) is 0.423. The second kappa shape index (κ2) is 10.5. The molecule has 0 aromatic heterocycles. The second-order valence-electron chi connectivity index (χ2n) is 9.40. The Morgan fingerprint density at radius 3 is 2.09 bits per heavy atom. The molecular formula is C26H32N2O5S. The first kappa shape index (κ1) is 25.6. The van der Waals surface area contributed by atoms with Crippen molar-refractivity contribution in [1.82, 2.24) is 10.6 Å². The number of alkyl carbamates (subject to hydrolysis) is 1. The minimum Gasteiger partial charge on any atom is -0.481 e. The van der Waals surface area contributed by atoms with Crippen LogP contribution < -0.4 is 10.6 Å². The molecular weight excluding hydrogens is 452 g/mol. The molecule has 1 aliphatic rings. The van der Waals surface area contributed by atoms with Gasteiger partial charge in [0.1, 0.15) is 6.61 Å². The summed E-state index contributed by atoms with van der Waals surface area (Å²) >= 11 is 1.24. The van der Waals surface area contributed by atoms with Gasteiger partial charge in [-0.25, -0.2) is 4.79 Å². The molecule has 8 heteroatoms. The molecule has 0 saturated heterocycles. The monoisotopic (exact) mass is 484 g/mol. The number of benzene rings is 2. The Balaban J connectivity index is 1.57. The molecule has 0 heterocycles. The average molecular weight is 485 g/mol. The number of carboxylic acid groups (broad SMARTS) is 1. The van der Waals surface area contributed by atoms with Crippen LogP contribution in [0.3, 0.4) is 0 Å². The summed E-state index contributed by atoms with van der Waals surface area (Å²) < 4.78 is 5.65. The van der Waals surface area contributed by atoms with Crippen LogP contribution in [0.25, 0.3) is 11.1 Å². The van der Waals surface area contributed by atoms with E-state index in [1.165, 1.54) is 11.8 Å². The molecule has 0 atom stereocenters. The molecule has 0 saturated carbocycles. The fourth-order valence-corrected chi connectivity index (χ4v) is 4.51. The van der Waals surface area contributed by atoms with E-state index in [9.17, 15) is 14.4 Å². The summed E-state index contributed by atoms with van der Waals surface area (Å²) in [4.78, 5) is 36.1. The van der Waals surface area contributed by atoms with Crippen molar-refractivity contribution in [2.75, 3.05) is 24.7 Å². The number of aliphatic carboxylic acids is 1. The molecule has 2 aromatic rings. The Kier molecular flexibility index (Phi) is 7.92. The number of carbonyl (C=O) groups is 3. The third kappa shape index (κ3) is 5.55. The van der Waals surface area contributed by atoms with Gasteiger partial charge in [0.15, 0.2) is 0 Å². The number of nitrogens with one attached hydrogen (secondary N) is 2. The van der Waals surface area contributed by atoms with Gasteiger partial charge < -0.3 is 20.5 Å². The minimum absolute atomic E-state index is 0.00586. The molecule has 1 aliphatic carbocycles. The lowest BCUT2D eigenvalue weighted by Crippen LogP contribution is -2.59. The van der Waals surface area contributed by atoms with Crippen LogP contribution in [0.4, 0.5) is 4.79 Å². The fourth-order valence-electron chi connectivity index (χ4n) is 3.95. The quantitative estimate of drug-likeness (QED) is 0.435. The van der Waals surface area contributed by atoms with E-state index in [0.29, 0.717) is 12.3 Å². The lowest BCUT2D eigenvalue weighted by atomic mass is 9.73. The van der Waals surface area contributed by atoms with Crippen LogP contribution in [0.15, 0.2) is 48.5 Å². The Morgan fingerprint density at radius 1 is 0.971 bits per heavy atom. The van der Waals surface area contributed by atoms with Crippen LogP contribution in [0, 0.1) is 5.41 Å². The van der Waals surface area contributed by atoms with Crippen LogP contribution in [0.2, 0.25) is 0 Å². The molecule has 3 rings (SSSR count). The Morgan fingerprint density at radius 2 is 1.53 bits per heavy atom. The molecule has 0 fully saturated rings. The van der Waals surface area contributed by atoms with E-state index < -0.39 is 23.0 Å². The van der Waals surface area contributed by atoms with Gasteiger partial charge in [-0.3, -0.25) is 9.59 Å². The van der Waals surface area contributed by atoms with E-state index in [4.69, 9.17) is 9.84 Å². The van der Waals surface area contributed by atoms with Gasteiger partial charge in [-0.05, 0) is 49.9 Å². The summed E-state index contributed by atoms with van der Waals surface area (Å²) in [6, 6.07) is 16.3. The van der Waals surface area contributed by atoms with Gasteiger partial charge in [0.2, 0.25) is 5.91 Å². The Labute approximate surface area is 204 Å². The first-order valence-corrected chi connectivity index (χ1v) is 12.4. The largest absolute Gasteiger partial charge is 0.481 e. The number of ether oxygens (including phenoxy) is 1. The van der Waals surface area contributed by atoms with Crippen molar-refractivity contribution >= 4 is 29.7 Å². The van der Waals surface area contributed by atoms with Gasteiger partial charge in [0.05, 0.1) is 16.7 Å². The number of hydrogen-bond donors (Lipinski definition) is 3. The van der Waals surface area contributed by atoms with E-state index in [1.807, 2.05) is 24.3 Å². The van der Waals surface area contributed by atoms with Crippen molar-refractivity contribution in [3.8, 4) is 11.1 Å². The summed E-state index contributed by atoms with van der Waals surface area (Å²) in [7, 11) is 0. The third-order valence-corrected chi connectivity index (χ3v) is 7.59. The third-order valence-electron chi connectivity index (χ3n) is 6.65. The maximum atomic E-state index is 12.8. The maximum Gasteiger partial charge on any atom is 0.407 e. The standard InChI is InChI=1S/C26H32N2O5S/c1-25(2,23(31)27-13-14-34-16-22(29)30)26(3,4)28-24(32)33-15-21-19-11-7-5-9-17(19)18-10-6-8-12-20(18)21/h5-12,21H,13-16H2,1-4H3,(H,27,31)(H,28,32)(H,29,30). The maximum absolute atomic E-state index is 12.8. The molecule has 182 valence electrons. The summed E-state index contributed by atoms with van der Waals surface area (Å²) in [5.41, 5.74) is 2.76. The molecule has 7 nitrogen and oxygen atoms in total. The topological polar surface area (TPSA) is 105 Å². The lowest BCUT2D eigenvalue weighted by Gasteiger charge is -2.40. The SMILES string of the molecule is CC(C)(NC(=O)OCC1c2ccccc2-c2ccccc21)C(C)(C)C(=O)NCCSCC(=O)O. The number of carboxylic acids is 1. The van der Waals surface area contributed by atoms with Gasteiger partial charge in [0.25, 0.3) is 0 Å². The van der Waals surface area contributed by atoms with Crippen LogP contribution >= 0.6 is 11.8 Å². The predicted molar refractivity (Wildman–Crippen MR) is 134 cm³/mol. The molecule has 2 aromatic carbocycles. The van der Waals surface area contributed by atoms with Crippen molar-refractivity contribution < 1.29 is 24.2 Å². The molecule has 3 N–H and O–H groups in total. The first-order chi connectivity index (χ1) is 16.0. The summed E-state index contributed by atoms with van der Waals surface area (Å²) in [6.07, 6.45) is -0.579. The molecule has 0 radical (unpaired) electrons. The molecule has 34 heavy (non-hydrogen) atoms. The number of rotatable bonds is 10. The summed E-state index contributed by atoms with van der Waals surface area (Å²) in [5, 5.41) is 14.4. The number of fused-ring (bicyclic) bond motifs is 3. The zero-order chi connectivity index (χ0) is 24.9. The van der Waals surface area contributed by atoms with Crippen LogP contribution in [0.5, 0.6) is 0 Å². The Bertz CT molecular complexity index is 1020. The summed E-state index contributed by atoms with van der Waals surface area (Å²) in [6.45, 7) is 7.64. The van der Waals surface area contributed by atoms with Crippen LogP contribution in [0.1, 0.15) is 44.7 Å². The summed E-state index contributed by atoms with van der Waals surface area (Å²) in [5.74, 6) is -0.666. The average Bonchev–Trinajstić information content (AvgIpc) is 3.10. The van der Waals surface area contributed by atoms with Crippen molar-refractivity contribution in [2.45, 2.75) is 39.2 Å². The Hall–Kier alpha value is -3.00. The highest BCUT2D eigenvalue weighted by molar-refractivity contribution is 7.99. The molecule has 0 spiro atoms. The first-order valence-electron chi connectivity index (χ1n) is 11.3. The van der Waals surface area contributed by atoms with Crippen molar-refractivity contribution in [1.29, 1.82) is 0 Å². The van der Waals surface area contributed by atoms with Gasteiger partial charge in [0, 0.05) is 18.2 Å². The van der Waals surface area contributed by atoms with Crippen LogP contribution in [-0.4, -0.2) is 53.3 Å². The molecule has 0 unspecified atom stereocenters. The number of amides is 2. The smallest absolute Gasteiger partial charge is 0.407 e. The zero-order valence-electron chi connectivity index (χ0n) is 20.0. The van der Waals surface area contributed by atoms with Crippen molar-refractivity contribution in [3.05, 3.63) is 59.7 Å². The number of carbonyl (C=O) groups excluding carboxylic acids is 2. The van der Waals surface area contributed by atoms with Crippen molar-refractivity contribution in [2.24, 2.45) is 5.41 Å². The van der Waals surface area contributed by atoms with Gasteiger partial charge in [-0.15, -0.1) is 11.8 Å². The highest BCUT2D eigenvalue weighted by atomic mass is 32.2. The van der Waals surface area contributed by atoms with Gasteiger partial charge >= 0.3 is 12.1 Å². The highest BCUT2D eigenvalue weighted by Crippen LogP contribution is 2.44. The van der Waals surface area contributed by atoms with E-state index >= 15 is 0 Å². The van der Waals surface area contributed by atoms with E-state index in [1.54, 1.807) is 27.7 Å². The molecule has 0 bridgehead atoms. The van der Waals surface area contributed by atoms with E-state index in [0.717, 1.165) is 22.3 Å². The van der Waals surface area contributed by atoms with E-state index in [2.05, 4.69) is 34.9 Å². The lowest BCUT2D eigenvalue weighted by molar-refractivity contribution is -0.134. The van der Waals surface area contributed by atoms with Crippen LogP contribution in [-0.2, 0) is 14.3 Å². The number of thioether (sulfide) groups is 1. The van der Waals surface area contributed by atoms with E-state index in [-0.39, 0.29) is 24.2 Å². The molecule has 0 aliphatic heterocycles. The minimum atomic E-state index is -0.934. The number of hydrogen-bond acceptors (Lipinski definition) is 5. The van der Waals surface area contributed by atoms with Gasteiger partial charge in [-0.1, -0.05) is 48.5 Å². The van der Waals surface area contributed by atoms with Gasteiger partial charge in [-0.2, -0.15) is 0 Å². The highest BCUT2D eigenvalue weighted by Gasteiger charge is 2.44. The second-order valence-corrected chi connectivity index (χ2v) is 10.5. The molecule has 2 amide bonds. The van der Waals surface area contributed by atoms with Crippen molar-refractivity contribution in [3.63, 3.8) is 0 Å². The predicted octanol–water partition coefficient (Wildman–Crippen LogP) is 4.26.